The van der Waals surface area contributed by atoms with Crippen LogP contribution in [0.5, 0.6) is 0 Å². The highest BCUT2D eigenvalue weighted by molar-refractivity contribution is 7.80. The summed E-state index contributed by atoms with van der Waals surface area (Å²) in [6.07, 6.45) is 2.55. The Morgan fingerprint density at radius 1 is 1.56 bits per heavy atom. The van der Waals surface area contributed by atoms with Gasteiger partial charge in [-0.3, -0.25) is 4.68 Å². The van der Waals surface area contributed by atoms with E-state index in [2.05, 4.69) is 15.7 Å². The van der Waals surface area contributed by atoms with Crippen molar-refractivity contribution < 1.29 is 4.74 Å². The highest BCUT2D eigenvalue weighted by Gasteiger charge is 2.06. The SMILES string of the molecule is CCOCCCNC(=S)NCc1c(Cl)cnn1C. The van der Waals surface area contributed by atoms with Crippen LogP contribution in [0.4, 0.5) is 0 Å². The molecule has 0 unspecified atom stereocenters. The van der Waals surface area contributed by atoms with Gasteiger partial charge >= 0.3 is 0 Å². The molecular weight excluding hydrogens is 272 g/mol. The highest BCUT2D eigenvalue weighted by Crippen LogP contribution is 2.13. The molecule has 0 aromatic carbocycles. The predicted octanol–water partition coefficient (Wildman–Crippen LogP) is 1.46. The van der Waals surface area contributed by atoms with Crippen LogP contribution in [0.25, 0.3) is 0 Å². The van der Waals surface area contributed by atoms with Crippen LogP contribution >= 0.6 is 23.8 Å². The predicted molar refractivity (Wildman–Crippen MR) is 76.8 cm³/mol. The van der Waals surface area contributed by atoms with Gasteiger partial charge in [-0.1, -0.05) is 11.6 Å². The topological polar surface area (TPSA) is 51.1 Å². The minimum absolute atomic E-state index is 0.562. The standard InChI is InChI=1S/C11H19ClN4OS/c1-3-17-6-4-5-13-11(18)14-8-10-9(12)7-15-16(10)2/h7H,3-6,8H2,1-2H3,(H2,13,14,18). The molecule has 1 aromatic heterocycles. The molecule has 2 N–H and O–H groups in total. The van der Waals surface area contributed by atoms with Gasteiger partial charge in [0.1, 0.15) is 0 Å². The first kappa shape index (κ1) is 15.2. The quantitative estimate of drug-likeness (QED) is 0.588. The summed E-state index contributed by atoms with van der Waals surface area (Å²) in [5.74, 6) is 0. The second kappa shape index (κ2) is 8.29. The summed E-state index contributed by atoms with van der Waals surface area (Å²) in [6.45, 7) is 4.84. The number of aromatic nitrogens is 2. The Labute approximate surface area is 118 Å². The number of hydrogen-bond donors (Lipinski definition) is 2. The third kappa shape index (κ3) is 5.20. The second-order valence-corrected chi connectivity index (χ2v) is 4.54. The Kier molecular flexibility index (Phi) is 7.00. The van der Waals surface area contributed by atoms with Gasteiger partial charge in [-0.15, -0.1) is 0 Å². The average molecular weight is 291 g/mol. The Morgan fingerprint density at radius 2 is 2.33 bits per heavy atom. The van der Waals surface area contributed by atoms with Crippen molar-refractivity contribution in [2.45, 2.75) is 19.9 Å². The summed E-state index contributed by atoms with van der Waals surface area (Å²) in [6, 6.07) is 0. The van der Waals surface area contributed by atoms with E-state index in [1.807, 2.05) is 14.0 Å². The van der Waals surface area contributed by atoms with Gasteiger partial charge in [0.25, 0.3) is 0 Å². The Hall–Kier alpha value is -0.850. The minimum atomic E-state index is 0.562. The molecule has 0 amide bonds. The lowest BCUT2D eigenvalue weighted by Gasteiger charge is -2.10. The highest BCUT2D eigenvalue weighted by atomic mass is 35.5. The fourth-order valence-corrected chi connectivity index (χ4v) is 1.79. The second-order valence-electron chi connectivity index (χ2n) is 3.72. The number of halogens is 1. The van der Waals surface area contributed by atoms with Crippen molar-refractivity contribution in [1.29, 1.82) is 0 Å². The molecule has 0 saturated heterocycles. The van der Waals surface area contributed by atoms with Crippen molar-refractivity contribution in [3.05, 3.63) is 16.9 Å². The lowest BCUT2D eigenvalue weighted by atomic mass is 10.4. The van der Waals surface area contributed by atoms with Crippen molar-refractivity contribution in [3.63, 3.8) is 0 Å². The average Bonchev–Trinajstić information content (AvgIpc) is 2.66. The third-order valence-electron chi connectivity index (χ3n) is 2.38. The first-order chi connectivity index (χ1) is 8.65. The van der Waals surface area contributed by atoms with Gasteiger partial charge < -0.3 is 15.4 Å². The van der Waals surface area contributed by atoms with Crippen molar-refractivity contribution in [2.24, 2.45) is 7.05 Å². The lowest BCUT2D eigenvalue weighted by molar-refractivity contribution is 0.145. The molecule has 1 aromatic rings. The zero-order valence-corrected chi connectivity index (χ0v) is 12.3. The van der Waals surface area contributed by atoms with E-state index in [-0.39, 0.29) is 0 Å². The van der Waals surface area contributed by atoms with Crippen LogP contribution < -0.4 is 10.6 Å². The summed E-state index contributed by atoms with van der Waals surface area (Å²) in [7, 11) is 1.85. The summed E-state index contributed by atoms with van der Waals surface area (Å²) in [5, 5.41) is 11.5. The van der Waals surface area contributed by atoms with Crippen LogP contribution in [0.15, 0.2) is 6.20 Å². The fraction of sp³-hybridized carbons (Fsp3) is 0.636. The number of ether oxygens (including phenoxy) is 1. The van der Waals surface area contributed by atoms with E-state index in [1.54, 1.807) is 10.9 Å². The maximum Gasteiger partial charge on any atom is 0.166 e. The summed E-state index contributed by atoms with van der Waals surface area (Å²) in [4.78, 5) is 0. The van der Waals surface area contributed by atoms with Gasteiger partial charge in [-0.05, 0) is 25.6 Å². The molecule has 0 aliphatic heterocycles. The number of thiocarbonyl (C=S) groups is 1. The molecule has 0 fully saturated rings. The third-order valence-corrected chi connectivity index (χ3v) is 2.99. The number of nitrogens with zero attached hydrogens (tertiary/aromatic N) is 2. The zero-order valence-electron chi connectivity index (χ0n) is 10.7. The normalized spacial score (nSPS) is 10.4. The van der Waals surface area contributed by atoms with E-state index < -0.39 is 0 Å². The van der Waals surface area contributed by atoms with Crippen LogP contribution in [0.1, 0.15) is 19.0 Å². The first-order valence-electron chi connectivity index (χ1n) is 5.91. The number of hydrogen-bond acceptors (Lipinski definition) is 3. The van der Waals surface area contributed by atoms with Crippen molar-refractivity contribution in [3.8, 4) is 0 Å². The summed E-state index contributed by atoms with van der Waals surface area (Å²) in [5.41, 5.74) is 0.912. The monoisotopic (exact) mass is 290 g/mol. The van der Waals surface area contributed by atoms with E-state index in [0.29, 0.717) is 16.7 Å². The smallest absolute Gasteiger partial charge is 0.166 e. The molecule has 0 atom stereocenters. The largest absolute Gasteiger partial charge is 0.382 e. The molecule has 5 nitrogen and oxygen atoms in total. The number of rotatable bonds is 7. The van der Waals surface area contributed by atoms with Gasteiger partial charge in [0, 0.05) is 26.8 Å². The molecule has 18 heavy (non-hydrogen) atoms. The summed E-state index contributed by atoms with van der Waals surface area (Å²) < 4.78 is 6.96. The van der Waals surface area contributed by atoms with Crippen LogP contribution in [0.3, 0.4) is 0 Å². The lowest BCUT2D eigenvalue weighted by Crippen LogP contribution is -2.36. The van der Waals surface area contributed by atoms with E-state index in [9.17, 15) is 0 Å². The fourth-order valence-electron chi connectivity index (χ4n) is 1.38. The van der Waals surface area contributed by atoms with Gasteiger partial charge in [0.05, 0.1) is 23.5 Å². The molecule has 0 bridgehead atoms. The molecule has 0 spiro atoms. The molecule has 1 rings (SSSR count). The molecule has 0 aliphatic carbocycles. The van der Waals surface area contributed by atoms with E-state index >= 15 is 0 Å². The molecule has 7 heteroatoms. The van der Waals surface area contributed by atoms with Crippen molar-refractivity contribution >= 4 is 28.9 Å². The maximum atomic E-state index is 5.99. The van der Waals surface area contributed by atoms with Crippen LogP contribution in [0, 0.1) is 0 Å². The van der Waals surface area contributed by atoms with Crippen LogP contribution in [0.2, 0.25) is 5.02 Å². The van der Waals surface area contributed by atoms with Gasteiger partial charge in [-0.2, -0.15) is 5.10 Å². The van der Waals surface area contributed by atoms with Gasteiger partial charge in [0.2, 0.25) is 0 Å². The van der Waals surface area contributed by atoms with Gasteiger partial charge in [-0.25, -0.2) is 0 Å². The Balaban J connectivity index is 2.17. The van der Waals surface area contributed by atoms with Crippen LogP contribution in [-0.4, -0.2) is 34.7 Å². The molecule has 0 radical (unpaired) electrons. The summed E-state index contributed by atoms with van der Waals surface area (Å²) >= 11 is 11.1. The number of nitrogens with one attached hydrogen (secondary N) is 2. The van der Waals surface area contributed by atoms with Crippen molar-refractivity contribution in [1.82, 2.24) is 20.4 Å². The van der Waals surface area contributed by atoms with Crippen molar-refractivity contribution in [2.75, 3.05) is 19.8 Å². The number of aryl methyl sites for hydroxylation is 1. The molecule has 0 aliphatic rings. The molecule has 0 saturated carbocycles. The first-order valence-corrected chi connectivity index (χ1v) is 6.69. The Morgan fingerprint density at radius 3 is 2.94 bits per heavy atom. The van der Waals surface area contributed by atoms with Gasteiger partial charge in [0.15, 0.2) is 5.11 Å². The van der Waals surface area contributed by atoms with E-state index in [1.165, 1.54) is 0 Å². The minimum Gasteiger partial charge on any atom is -0.382 e. The maximum absolute atomic E-state index is 5.99. The molecule has 1 heterocycles. The zero-order chi connectivity index (χ0) is 13.4. The Bertz CT molecular complexity index is 364. The van der Waals surface area contributed by atoms with E-state index in [4.69, 9.17) is 28.6 Å². The molecular formula is C11H19ClN4OS. The molecule has 102 valence electrons. The van der Waals surface area contributed by atoms with Crippen LogP contribution in [-0.2, 0) is 18.3 Å². The van der Waals surface area contributed by atoms with E-state index in [0.717, 1.165) is 31.9 Å².